The van der Waals surface area contributed by atoms with Gasteiger partial charge in [-0.3, -0.25) is 0 Å². The lowest BCUT2D eigenvalue weighted by Gasteiger charge is -2.08. The summed E-state index contributed by atoms with van der Waals surface area (Å²) in [5, 5.41) is 0. The van der Waals surface area contributed by atoms with Gasteiger partial charge in [-0.15, -0.1) is 0 Å². The molecule has 0 saturated carbocycles. The highest BCUT2D eigenvalue weighted by Crippen LogP contribution is 2.37. The number of fused-ring (bicyclic) bond motifs is 1. The lowest BCUT2D eigenvalue weighted by Crippen LogP contribution is -2.12. The molecule has 2 nitrogen and oxygen atoms in total. The Bertz CT molecular complexity index is 362. The highest BCUT2D eigenvalue weighted by molar-refractivity contribution is 5.42. The maximum Gasteiger partial charge on any atom is 0.416 e. The Morgan fingerprint density at radius 1 is 1.36 bits per heavy atom. The van der Waals surface area contributed by atoms with Gasteiger partial charge >= 0.3 is 6.18 Å². The average Bonchev–Trinajstić information content (AvgIpc) is 2.46. The van der Waals surface area contributed by atoms with E-state index in [4.69, 9.17) is 10.5 Å². The molecule has 2 N–H and O–H groups in total. The van der Waals surface area contributed by atoms with Crippen LogP contribution in [-0.2, 0) is 6.18 Å². The van der Waals surface area contributed by atoms with Crippen LogP contribution in [0.4, 0.5) is 13.2 Å². The van der Waals surface area contributed by atoms with E-state index in [1.807, 2.05) is 0 Å². The fraction of sp³-hybridized carbons (Fsp3) is 0.333. The predicted molar refractivity (Wildman–Crippen MR) is 43.9 cm³/mol. The molecule has 0 spiro atoms. The summed E-state index contributed by atoms with van der Waals surface area (Å²) >= 11 is 0. The number of hydrogen-bond donors (Lipinski definition) is 1. The van der Waals surface area contributed by atoms with Crippen LogP contribution in [0.3, 0.4) is 0 Å². The molecule has 0 unspecified atom stereocenters. The van der Waals surface area contributed by atoms with E-state index in [1.54, 1.807) is 0 Å². The molecule has 1 aromatic rings. The van der Waals surface area contributed by atoms with Gasteiger partial charge in [0.05, 0.1) is 11.6 Å². The molecule has 2 rings (SSSR count). The van der Waals surface area contributed by atoms with E-state index in [-0.39, 0.29) is 6.61 Å². The summed E-state index contributed by atoms with van der Waals surface area (Å²) in [7, 11) is 0. The minimum Gasteiger partial charge on any atom is -0.491 e. The lowest BCUT2D eigenvalue weighted by atomic mass is 10.1. The number of ether oxygens (including phenoxy) is 1. The summed E-state index contributed by atoms with van der Waals surface area (Å²) < 4.78 is 42.0. The normalized spacial score (nSPS) is 20.4. The Labute approximate surface area is 78.5 Å². The van der Waals surface area contributed by atoms with Crippen molar-refractivity contribution < 1.29 is 17.9 Å². The maximum atomic E-state index is 12.3. The number of hydrogen-bond acceptors (Lipinski definition) is 2. The molecule has 1 heterocycles. The van der Waals surface area contributed by atoms with E-state index in [1.165, 1.54) is 6.07 Å². The molecule has 1 aromatic carbocycles. The number of benzene rings is 1. The monoisotopic (exact) mass is 203 g/mol. The zero-order valence-corrected chi connectivity index (χ0v) is 7.14. The zero-order chi connectivity index (χ0) is 10.3. The fourth-order valence-corrected chi connectivity index (χ4v) is 1.42. The molecular weight excluding hydrogens is 195 g/mol. The number of nitrogens with two attached hydrogens (primary N) is 1. The third kappa shape index (κ3) is 1.43. The topological polar surface area (TPSA) is 35.2 Å². The van der Waals surface area contributed by atoms with Crippen LogP contribution in [0, 0.1) is 0 Å². The van der Waals surface area contributed by atoms with Crippen molar-refractivity contribution in [1.82, 2.24) is 0 Å². The van der Waals surface area contributed by atoms with E-state index in [9.17, 15) is 13.2 Å². The second-order valence-corrected chi connectivity index (χ2v) is 3.17. The Hall–Kier alpha value is -1.23. The van der Waals surface area contributed by atoms with Gasteiger partial charge in [-0.05, 0) is 18.2 Å². The Balaban J connectivity index is 2.45. The Kier molecular flexibility index (Phi) is 1.92. The van der Waals surface area contributed by atoms with Crippen LogP contribution in [0.1, 0.15) is 17.2 Å². The molecule has 0 radical (unpaired) electrons. The molecule has 5 heteroatoms. The van der Waals surface area contributed by atoms with Crippen LogP contribution in [0.25, 0.3) is 0 Å². The summed E-state index contributed by atoms with van der Waals surface area (Å²) in [6.45, 7) is 0.247. The van der Waals surface area contributed by atoms with Crippen LogP contribution in [0.5, 0.6) is 5.75 Å². The molecule has 0 aromatic heterocycles. The molecule has 76 valence electrons. The van der Waals surface area contributed by atoms with Gasteiger partial charge in [-0.2, -0.15) is 13.2 Å². The summed E-state index contributed by atoms with van der Waals surface area (Å²) in [5.74, 6) is 0.450. The van der Waals surface area contributed by atoms with Crippen molar-refractivity contribution in [3.63, 3.8) is 0 Å². The molecule has 0 bridgehead atoms. The van der Waals surface area contributed by atoms with Crippen LogP contribution in [-0.4, -0.2) is 6.61 Å². The fourth-order valence-electron chi connectivity index (χ4n) is 1.42. The largest absolute Gasteiger partial charge is 0.491 e. The van der Waals surface area contributed by atoms with Gasteiger partial charge in [0, 0.05) is 5.56 Å². The Morgan fingerprint density at radius 3 is 2.71 bits per heavy atom. The third-order valence-electron chi connectivity index (χ3n) is 2.15. The summed E-state index contributed by atoms with van der Waals surface area (Å²) in [6, 6.07) is 2.90. The van der Waals surface area contributed by atoms with Crippen molar-refractivity contribution in [2.24, 2.45) is 5.73 Å². The van der Waals surface area contributed by atoms with Crippen molar-refractivity contribution >= 4 is 0 Å². The lowest BCUT2D eigenvalue weighted by molar-refractivity contribution is -0.137. The van der Waals surface area contributed by atoms with Gasteiger partial charge in [-0.1, -0.05) is 0 Å². The quantitative estimate of drug-likeness (QED) is 0.700. The van der Waals surface area contributed by atoms with Crippen LogP contribution in [0.2, 0.25) is 0 Å². The molecule has 1 aliphatic rings. The third-order valence-corrected chi connectivity index (χ3v) is 2.15. The predicted octanol–water partition coefficient (Wildman–Crippen LogP) is 2.10. The molecule has 1 aliphatic heterocycles. The first-order valence-corrected chi connectivity index (χ1v) is 4.08. The second kappa shape index (κ2) is 2.88. The standard InChI is InChI=1S/C9H8F3NO/c10-9(11,12)5-1-2-8-6(3-5)7(13)4-14-8/h1-3,7H,4,13H2/t7-/m0/s1. The minimum absolute atomic E-state index is 0.247. The molecule has 0 fully saturated rings. The second-order valence-electron chi connectivity index (χ2n) is 3.17. The molecule has 0 amide bonds. The number of halogens is 3. The van der Waals surface area contributed by atoms with E-state index in [0.717, 1.165) is 12.1 Å². The van der Waals surface area contributed by atoms with Crippen LogP contribution in [0.15, 0.2) is 18.2 Å². The van der Waals surface area contributed by atoms with Gasteiger partial charge in [0.2, 0.25) is 0 Å². The molecule has 0 saturated heterocycles. The molecule has 0 aliphatic carbocycles. The van der Waals surface area contributed by atoms with Gasteiger partial charge in [0.25, 0.3) is 0 Å². The van der Waals surface area contributed by atoms with E-state index in [2.05, 4.69) is 0 Å². The van der Waals surface area contributed by atoms with Crippen molar-refractivity contribution in [2.45, 2.75) is 12.2 Å². The Morgan fingerprint density at radius 2 is 2.07 bits per heavy atom. The van der Waals surface area contributed by atoms with E-state index >= 15 is 0 Å². The van der Waals surface area contributed by atoms with E-state index < -0.39 is 17.8 Å². The maximum absolute atomic E-state index is 12.3. The van der Waals surface area contributed by atoms with Gasteiger partial charge in [-0.25, -0.2) is 0 Å². The molecule has 14 heavy (non-hydrogen) atoms. The van der Waals surface area contributed by atoms with Crippen LogP contribution < -0.4 is 10.5 Å². The zero-order valence-electron chi connectivity index (χ0n) is 7.14. The number of alkyl halides is 3. The smallest absolute Gasteiger partial charge is 0.416 e. The van der Waals surface area contributed by atoms with Crippen molar-refractivity contribution in [3.05, 3.63) is 29.3 Å². The van der Waals surface area contributed by atoms with E-state index in [0.29, 0.717) is 11.3 Å². The van der Waals surface area contributed by atoms with Gasteiger partial charge < -0.3 is 10.5 Å². The molecular formula is C9H8F3NO. The van der Waals surface area contributed by atoms with Crippen molar-refractivity contribution in [2.75, 3.05) is 6.61 Å². The number of rotatable bonds is 0. The van der Waals surface area contributed by atoms with Gasteiger partial charge in [0.1, 0.15) is 12.4 Å². The first-order chi connectivity index (χ1) is 6.48. The average molecular weight is 203 g/mol. The highest BCUT2D eigenvalue weighted by Gasteiger charge is 2.33. The molecule has 1 atom stereocenters. The summed E-state index contributed by atoms with van der Waals surface area (Å²) in [5.41, 5.74) is 5.31. The SMILES string of the molecule is N[C@H]1COc2ccc(C(F)(F)F)cc21. The first kappa shape index (κ1) is 9.33. The summed E-state index contributed by atoms with van der Waals surface area (Å²) in [4.78, 5) is 0. The van der Waals surface area contributed by atoms with Crippen LogP contribution >= 0.6 is 0 Å². The van der Waals surface area contributed by atoms with Gasteiger partial charge in [0.15, 0.2) is 0 Å². The van der Waals surface area contributed by atoms with Crippen molar-refractivity contribution in [1.29, 1.82) is 0 Å². The van der Waals surface area contributed by atoms with Crippen molar-refractivity contribution in [3.8, 4) is 5.75 Å². The highest BCUT2D eigenvalue weighted by atomic mass is 19.4. The first-order valence-electron chi connectivity index (χ1n) is 4.08. The minimum atomic E-state index is -4.32. The summed E-state index contributed by atoms with van der Waals surface area (Å²) in [6.07, 6.45) is -4.32.